The molecule has 0 bridgehead atoms. The largest absolute Gasteiger partial charge is 0.463 e. The molecule has 0 spiro atoms. The van der Waals surface area contributed by atoms with E-state index in [4.69, 9.17) is 9.47 Å². The predicted molar refractivity (Wildman–Crippen MR) is 83.7 cm³/mol. The van der Waals surface area contributed by atoms with Crippen LogP contribution in [-0.2, 0) is 14.3 Å². The maximum Gasteiger partial charge on any atom is 0.335 e. The molecule has 1 aliphatic heterocycles. The Bertz CT molecular complexity index is 479. The Morgan fingerprint density at radius 1 is 1.33 bits per heavy atom. The average Bonchev–Trinajstić information content (AvgIpc) is 2.54. The molecule has 5 nitrogen and oxygen atoms in total. The number of rotatable bonds is 6. The molecular formula is C16H22N2O3. The van der Waals surface area contributed by atoms with E-state index in [0.29, 0.717) is 18.7 Å². The highest BCUT2D eigenvalue weighted by atomic mass is 16.5. The van der Waals surface area contributed by atoms with Crippen LogP contribution in [0.25, 0.3) is 0 Å². The van der Waals surface area contributed by atoms with Crippen molar-refractivity contribution in [2.24, 2.45) is 0 Å². The first kappa shape index (κ1) is 15.4. The highest BCUT2D eigenvalue weighted by molar-refractivity contribution is 5.88. The number of hydrogen-bond acceptors (Lipinski definition) is 5. The van der Waals surface area contributed by atoms with Gasteiger partial charge in [-0.3, -0.25) is 0 Å². The fourth-order valence-electron chi connectivity index (χ4n) is 2.13. The second-order valence-electron chi connectivity index (χ2n) is 4.82. The SMILES string of the molecule is C=C(CNc1ccc(N2CCOCC2)cc1)C(=O)OCC. The van der Waals surface area contributed by atoms with Crippen LogP contribution in [0.4, 0.5) is 11.4 Å². The van der Waals surface area contributed by atoms with Crippen molar-refractivity contribution < 1.29 is 14.3 Å². The summed E-state index contributed by atoms with van der Waals surface area (Å²) in [6, 6.07) is 8.15. The van der Waals surface area contributed by atoms with E-state index < -0.39 is 0 Å². The Labute approximate surface area is 125 Å². The van der Waals surface area contributed by atoms with Gasteiger partial charge in [0.1, 0.15) is 0 Å². The Hall–Kier alpha value is -2.01. The standard InChI is InChI=1S/C16H22N2O3/c1-3-21-16(19)13(2)12-17-14-4-6-15(7-5-14)18-8-10-20-11-9-18/h4-7,17H,2-3,8-12H2,1H3. The van der Waals surface area contributed by atoms with Crippen molar-refractivity contribution in [3.8, 4) is 0 Å². The zero-order valence-electron chi connectivity index (χ0n) is 12.4. The monoisotopic (exact) mass is 290 g/mol. The van der Waals surface area contributed by atoms with E-state index in [-0.39, 0.29) is 5.97 Å². The van der Waals surface area contributed by atoms with E-state index in [1.807, 2.05) is 12.1 Å². The van der Waals surface area contributed by atoms with Gasteiger partial charge in [0, 0.05) is 36.6 Å². The van der Waals surface area contributed by atoms with E-state index in [9.17, 15) is 4.79 Å². The number of hydrogen-bond donors (Lipinski definition) is 1. The Balaban J connectivity index is 1.84. The maximum atomic E-state index is 11.4. The number of carbonyl (C=O) groups is 1. The van der Waals surface area contributed by atoms with Crippen molar-refractivity contribution in [3.63, 3.8) is 0 Å². The number of esters is 1. The molecule has 5 heteroatoms. The lowest BCUT2D eigenvalue weighted by Gasteiger charge is -2.28. The number of anilines is 2. The van der Waals surface area contributed by atoms with Crippen molar-refractivity contribution in [2.45, 2.75) is 6.92 Å². The molecule has 1 aromatic carbocycles. The Morgan fingerprint density at radius 2 is 2.00 bits per heavy atom. The van der Waals surface area contributed by atoms with Gasteiger partial charge in [-0.05, 0) is 31.2 Å². The first-order chi connectivity index (χ1) is 10.2. The van der Waals surface area contributed by atoms with Gasteiger partial charge in [0.25, 0.3) is 0 Å². The molecule has 0 aromatic heterocycles. The van der Waals surface area contributed by atoms with E-state index in [2.05, 4.69) is 28.9 Å². The van der Waals surface area contributed by atoms with Crippen LogP contribution in [0.15, 0.2) is 36.4 Å². The third-order valence-electron chi connectivity index (χ3n) is 3.31. The van der Waals surface area contributed by atoms with Gasteiger partial charge < -0.3 is 19.7 Å². The fraction of sp³-hybridized carbons (Fsp3) is 0.438. The van der Waals surface area contributed by atoms with Crippen LogP contribution in [0, 0.1) is 0 Å². The third kappa shape index (κ3) is 4.49. The minimum absolute atomic E-state index is 0.352. The molecule has 1 fully saturated rings. The van der Waals surface area contributed by atoms with Crippen LogP contribution in [0.3, 0.4) is 0 Å². The van der Waals surface area contributed by atoms with Crippen LogP contribution in [-0.4, -0.2) is 45.4 Å². The number of benzene rings is 1. The molecule has 114 valence electrons. The maximum absolute atomic E-state index is 11.4. The number of ether oxygens (including phenoxy) is 2. The molecule has 1 aliphatic rings. The van der Waals surface area contributed by atoms with Crippen LogP contribution < -0.4 is 10.2 Å². The normalized spacial score (nSPS) is 14.6. The van der Waals surface area contributed by atoms with Crippen LogP contribution in [0.1, 0.15) is 6.92 Å². The number of morpholine rings is 1. The molecule has 0 amide bonds. The van der Waals surface area contributed by atoms with E-state index in [1.165, 1.54) is 5.69 Å². The van der Waals surface area contributed by atoms with Crippen molar-refractivity contribution in [2.75, 3.05) is 49.7 Å². The highest BCUT2D eigenvalue weighted by Crippen LogP contribution is 2.19. The molecule has 0 saturated carbocycles. The second kappa shape index (κ2) is 7.69. The van der Waals surface area contributed by atoms with Gasteiger partial charge in [0.05, 0.1) is 19.8 Å². The number of nitrogens with one attached hydrogen (secondary N) is 1. The first-order valence-corrected chi connectivity index (χ1v) is 7.22. The van der Waals surface area contributed by atoms with Gasteiger partial charge in [-0.1, -0.05) is 6.58 Å². The molecule has 2 rings (SSSR count). The summed E-state index contributed by atoms with van der Waals surface area (Å²) in [7, 11) is 0. The van der Waals surface area contributed by atoms with Gasteiger partial charge in [-0.15, -0.1) is 0 Å². The smallest absolute Gasteiger partial charge is 0.335 e. The fourth-order valence-corrected chi connectivity index (χ4v) is 2.13. The van der Waals surface area contributed by atoms with Gasteiger partial charge in [0.15, 0.2) is 0 Å². The second-order valence-corrected chi connectivity index (χ2v) is 4.82. The van der Waals surface area contributed by atoms with Crippen molar-refractivity contribution >= 4 is 17.3 Å². The Morgan fingerprint density at radius 3 is 2.62 bits per heavy atom. The Kier molecular flexibility index (Phi) is 5.63. The summed E-state index contributed by atoms with van der Waals surface area (Å²) >= 11 is 0. The number of carbonyl (C=O) groups excluding carboxylic acids is 1. The molecule has 1 N–H and O–H groups in total. The third-order valence-corrected chi connectivity index (χ3v) is 3.31. The summed E-state index contributed by atoms with van der Waals surface area (Å²) in [6.07, 6.45) is 0. The molecule has 21 heavy (non-hydrogen) atoms. The molecule has 0 atom stereocenters. The summed E-state index contributed by atoms with van der Waals surface area (Å²) in [5.74, 6) is -0.352. The van der Waals surface area contributed by atoms with Crippen LogP contribution in [0.5, 0.6) is 0 Å². The summed E-state index contributed by atoms with van der Waals surface area (Å²) in [6.45, 7) is 9.65. The molecule has 0 unspecified atom stereocenters. The van der Waals surface area contributed by atoms with Crippen molar-refractivity contribution in [1.82, 2.24) is 0 Å². The quantitative estimate of drug-likeness (QED) is 0.642. The van der Waals surface area contributed by atoms with Crippen molar-refractivity contribution in [1.29, 1.82) is 0 Å². The van der Waals surface area contributed by atoms with E-state index >= 15 is 0 Å². The van der Waals surface area contributed by atoms with Gasteiger partial charge in [0.2, 0.25) is 0 Å². The molecule has 0 radical (unpaired) electrons. The summed E-state index contributed by atoms with van der Waals surface area (Å²) in [5.41, 5.74) is 2.57. The molecule has 1 saturated heterocycles. The minimum Gasteiger partial charge on any atom is -0.463 e. The van der Waals surface area contributed by atoms with Gasteiger partial charge >= 0.3 is 5.97 Å². The lowest BCUT2D eigenvalue weighted by atomic mass is 10.2. The lowest BCUT2D eigenvalue weighted by molar-refractivity contribution is -0.138. The zero-order valence-corrected chi connectivity index (χ0v) is 12.4. The topological polar surface area (TPSA) is 50.8 Å². The molecular weight excluding hydrogens is 268 g/mol. The van der Waals surface area contributed by atoms with Crippen molar-refractivity contribution in [3.05, 3.63) is 36.4 Å². The predicted octanol–water partition coefficient (Wildman–Crippen LogP) is 2.05. The van der Waals surface area contributed by atoms with Crippen LogP contribution in [0.2, 0.25) is 0 Å². The zero-order chi connectivity index (χ0) is 15.1. The average molecular weight is 290 g/mol. The molecule has 0 aliphatic carbocycles. The summed E-state index contributed by atoms with van der Waals surface area (Å²) in [4.78, 5) is 13.7. The molecule has 1 aromatic rings. The summed E-state index contributed by atoms with van der Waals surface area (Å²) < 4.78 is 10.2. The van der Waals surface area contributed by atoms with Gasteiger partial charge in [-0.2, -0.15) is 0 Å². The summed E-state index contributed by atoms with van der Waals surface area (Å²) in [5, 5.41) is 3.17. The molecule has 1 heterocycles. The minimum atomic E-state index is -0.352. The van der Waals surface area contributed by atoms with E-state index in [0.717, 1.165) is 32.0 Å². The van der Waals surface area contributed by atoms with Crippen LogP contribution >= 0.6 is 0 Å². The highest BCUT2D eigenvalue weighted by Gasteiger charge is 2.11. The van der Waals surface area contributed by atoms with Gasteiger partial charge in [-0.25, -0.2) is 4.79 Å². The van der Waals surface area contributed by atoms with E-state index in [1.54, 1.807) is 6.92 Å². The number of nitrogens with zero attached hydrogens (tertiary/aromatic N) is 1. The first-order valence-electron chi connectivity index (χ1n) is 7.22. The lowest BCUT2D eigenvalue weighted by Crippen LogP contribution is -2.36.